The summed E-state index contributed by atoms with van der Waals surface area (Å²) in [6.07, 6.45) is 16.8. The highest BCUT2D eigenvalue weighted by Gasteiger charge is 2.08. The zero-order chi connectivity index (χ0) is 16.5. The summed E-state index contributed by atoms with van der Waals surface area (Å²) in [7, 11) is 0. The molecule has 0 aliphatic heterocycles. The second-order valence-electron chi connectivity index (χ2n) is 6.11. The number of unbranched alkanes of at least 4 members (excludes halogenated alkanes) is 9. The van der Waals surface area contributed by atoms with Gasteiger partial charge in [-0.25, -0.2) is 10.2 Å². The Kier molecular flexibility index (Phi) is 15.6. The van der Waals surface area contributed by atoms with E-state index in [0.29, 0.717) is 0 Å². The maximum atomic E-state index is 10.6. The first kappa shape index (κ1) is 21.0. The molecule has 0 radical (unpaired) electrons. The Labute approximate surface area is 136 Å². The average Bonchev–Trinajstić information content (AvgIpc) is 2.50. The minimum absolute atomic E-state index is 0.237. The van der Waals surface area contributed by atoms with Crippen LogP contribution in [0.5, 0.6) is 0 Å². The van der Waals surface area contributed by atoms with Crippen molar-refractivity contribution in [3.05, 3.63) is 12.7 Å². The summed E-state index contributed by atoms with van der Waals surface area (Å²) in [5.74, 6) is 0. The zero-order valence-corrected chi connectivity index (χ0v) is 14.4. The van der Waals surface area contributed by atoms with Crippen LogP contribution in [0.2, 0.25) is 0 Å². The van der Waals surface area contributed by atoms with E-state index in [1.807, 2.05) is 6.08 Å². The molecule has 0 aliphatic rings. The smallest absolute Gasteiger partial charge is 0.419 e. The van der Waals surface area contributed by atoms with Crippen molar-refractivity contribution in [2.24, 2.45) is 0 Å². The van der Waals surface area contributed by atoms with Crippen LogP contribution in [0, 0.1) is 0 Å². The van der Waals surface area contributed by atoms with Gasteiger partial charge in [-0.05, 0) is 25.7 Å². The second-order valence-corrected chi connectivity index (χ2v) is 6.11. The van der Waals surface area contributed by atoms with Crippen molar-refractivity contribution >= 4 is 6.09 Å². The minimum atomic E-state index is -1.01. The van der Waals surface area contributed by atoms with E-state index in [1.165, 1.54) is 57.8 Å². The van der Waals surface area contributed by atoms with Crippen LogP contribution < -0.4 is 10.9 Å². The number of hydrogen-bond acceptors (Lipinski definition) is 2. The van der Waals surface area contributed by atoms with Gasteiger partial charge in [-0.3, -0.25) is 5.43 Å². The molecule has 4 heteroatoms. The predicted molar refractivity (Wildman–Crippen MR) is 94.0 cm³/mol. The number of rotatable bonds is 16. The normalized spacial score (nSPS) is 12.0. The summed E-state index contributed by atoms with van der Waals surface area (Å²) in [6.45, 7) is 5.97. The topological polar surface area (TPSA) is 61.4 Å². The lowest BCUT2D eigenvalue weighted by Crippen LogP contribution is -2.43. The average molecular weight is 312 g/mol. The van der Waals surface area contributed by atoms with Gasteiger partial charge in [-0.1, -0.05) is 70.8 Å². The first-order valence-electron chi connectivity index (χ1n) is 9.06. The maximum absolute atomic E-state index is 10.6. The van der Waals surface area contributed by atoms with Gasteiger partial charge in [0.1, 0.15) is 0 Å². The van der Waals surface area contributed by atoms with Gasteiger partial charge in [0.2, 0.25) is 0 Å². The van der Waals surface area contributed by atoms with Crippen molar-refractivity contribution in [2.75, 3.05) is 0 Å². The van der Waals surface area contributed by atoms with Crippen LogP contribution >= 0.6 is 0 Å². The molecule has 0 fully saturated rings. The minimum Gasteiger partial charge on any atom is -0.464 e. The molecular formula is C18H36N2O2. The van der Waals surface area contributed by atoms with Gasteiger partial charge in [0.15, 0.2) is 0 Å². The van der Waals surface area contributed by atoms with Gasteiger partial charge in [-0.15, -0.1) is 6.58 Å². The van der Waals surface area contributed by atoms with E-state index in [4.69, 9.17) is 5.11 Å². The van der Waals surface area contributed by atoms with Crippen molar-refractivity contribution in [3.8, 4) is 0 Å². The van der Waals surface area contributed by atoms with E-state index in [9.17, 15) is 4.79 Å². The first-order chi connectivity index (χ1) is 10.7. The van der Waals surface area contributed by atoms with E-state index in [2.05, 4.69) is 24.4 Å². The Hall–Kier alpha value is -1.03. The van der Waals surface area contributed by atoms with Crippen LogP contribution in [-0.4, -0.2) is 17.2 Å². The molecule has 0 rings (SSSR count). The Morgan fingerprint density at radius 3 is 2.09 bits per heavy atom. The summed E-state index contributed by atoms with van der Waals surface area (Å²) in [4.78, 5) is 10.6. The molecule has 130 valence electrons. The van der Waals surface area contributed by atoms with Crippen LogP contribution in [0.4, 0.5) is 4.79 Å². The van der Waals surface area contributed by atoms with E-state index in [0.717, 1.165) is 25.7 Å². The molecule has 1 atom stereocenters. The fraction of sp³-hybridized carbons (Fsp3) is 0.833. The van der Waals surface area contributed by atoms with Gasteiger partial charge >= 0.3 is 6.09 Å². The molecule has 0 aliphatic carbocycles. The highest BCUT2D eigenvalue weighted by molar-refractivity contribution is 5.63. The molecule has 1 unspecified atom stereocenters. The molecule has 0 saturated carbocycles. The van der Waals surface area contributed by atoms with E-state index in [-0.39, 0.29) is 6.04 Å². The number of hydrogen-bond donors (Lipinski definition) is 3. The summed E-state index contributed by atoms with van der Waals surface area (Å²) in [5, 5.41) is 8.67. The number of carbonyl (C=O) groups is 1. The highest BCUT2D eigenvalue weighted by Crippen LogP contribution is 2.13. The van der Waals surface area contributed by atoms with Crippen molar-refractivity contribution < 1.29 is 9.90 Å². The van der Waals surface area contributed by atoms with Crippen molar-refractivity contribution in [1.82, 2.24) is 10.9 Å². The summed E-state index contributed by atoms with van der Waals surface area (Å²) < 4.78 is 0. The Bertz CT molecular complexity index is 270. The van der Waals surface area contributed by atoms with Crippen molar-refractivity contribution in [3.63, 3.8) is 0 Å². The molecule has 4 nitrogen and oxygen atoms in total. The molecule has 0 saturated heterocycles. The number of hydrazine groups is 1. The Morgan fingerprint density at radius 1 is 1.00 bits per heavy atom. The molecule has 3 N–H and O–H groups in total. The molecule has 1 amide bonds. The van der Waals surface area contributed by atoms with Gasteiger partial charge in [-0.2, -0.15) is 0 Å². The van der Waals surface area contributed by atoms with Gasteiger partial charge in [0.05, 0.1) is 0 Å². The van der Waals surface area contributed by atoms with E-state index >= 15 is 0 Å². The fourth-order valence-electron chi connectivity index (χ4n) is 2.66. The Morgan fingerprint density at radius 2 is 1.55 bits per heavy atom. The molecule has 0 aromatic carbocycles. The monoisotopic (exact) mass is 312 g/mol. The zero-order valence-electron chi connectivity index (χ0n) is 14.4. The highest BCUT2D eigenvalue weighted by atomic mass is 16.4. The summed E-state index contributed by atoms with van der Waals surface area (Å²) >= 11 is 0. The SMILES string of the molecule is C=CCCCC(CCCCCCCCCCC)NNC(=O)O. The summed E-state index contributed by atoms with van der Waals surface area (Å²) in [6, 6.07) is 0.237. The predicted octanol–water partition coefficient (Wildman–Crippen LogP) is 5.40. The third-order valence-electron chi connectivity index (χ3n) is 4.00. The van der Waals surface area contributed by atoms with E-state index < -0.39 is 6.09 Å². The van der Waals surface area contributed by atoms with Crippen LogP contribution in [-0.2, 0) is 0 Å². The molecule has 0 spiro atoms. The first-order valence-corrected chi connectivity index (χ1v) is 9.06. The lowest BCUT2D eigenvalue weighted by molar-refractivity contribution is 0.185. The molecule has 22 heavy (non-hydrogen) atoms. The molecular weight excluding hydrogens is 276 g/mol. The molecule has 0 heterocycles. The third kappa shape index (κ3) is 15.4. The van der Waals surface area contributed by atoms with Crippen LogP contribution in [0.3, 0.4) is 0 Å². The number of amides is 1. The third-order valence-corrected chi connectivity index (χ3v) is 4.00. The number of nitrogens with one attached hydrogen (secondary N) is 2. The van der Waals surface area contributed by atoms with Crippen LogP contribution in [0.1, 0.15) is 90.4 Å². The number of allylic oxidation sites excluding steroid dienone is 1. The van der Waals surface area contributed by atoms with Crippen molar-refractivity contribution in [1.29, 1.82) is 0 Å². The fourth-order valence-corrected chi connectivity index (χ4v) is 2.66. The van der Waals surface area contributed by atoms with Gasteiger partial charge in [0, 0.05) is 6.04 Å². The van der Waals surface area contributed by atoms with E-state index in [1.54, 1.807) is 0 Å². The quantitative estimate of drug-likeness (QED) is 0.203. The molecule has 0 aromatic heterocycles. The van der Waals surface area contributed by atoms with Crippen molar-refractivity contribution in [2.45, 2.75) is 96.4 Å². The lowest BCUT2D eigenvalue weighted by atomic mass is 10.0. The maximum Gasteiger partial charge on any atom is 0.419 e. The lowest BCUT2D eigenvalue weighted by Gasteiger charge is -2.18. The molecule has 0 aromatic rings. The van der Waals surface area contributed by atoms with Crippen LogP contribution in [0.25, 0.3) is 0 Å². The van der Waals surface area contributed by atoms with Gasteiger partial charge < -0.3 is 5.11 Å². The van der Waals surface area contributed by atoms with Crippen LogP contribution in [0.15, 0.2) is 12.7 Å². The van der Waals surface area contributed by atoms with Gasteiger partial charge in [0.25, 0.3) is 0 Å². The second kappa shape index (κ2) is 16.3. The summed E-state index contributed by atoms with van der Waals surface area (Å²) in [5.41, 5.74) is 5.21. The Balaban J connectivity index is 3.59. The number of carboxylic acid groups (broad SMARTS) is 1. The standard InChI is InChI=1S/C18H36N2O2/c1-3-5-7-8-9-10-11-12-14-16-17(15-13-6-4-2)19-20-18(21)22/h4,17,19-20H,2-3,5-16H2,1H3,(H,21,22). The largest absolute Gasteiger partial charge is 0.464 e. The molecule has 0 bridgehead atoms.